The van der Waals surface area contributed by atoms with Gasteiger partial charge in [-0.3, -0.25) is 0 Å². The van der Waals surface area contributed by atoms with Crippen molar-refractivity contribution >= 4 is 0 Å². The maximum absolute atomic E-state index is 11.4. The van der Waals surface area contributed by atoms with E-state index in [0.717, 1.165) is 28.7 Å². The number of aromatic hydroxyl groups is 2. The van der Waals surface area contributed by atoms with E-state index in [4.69, 9.17) is 0 Å². The standard InChI is InChI=1S/C37H44O2/c1-24(28-15-11-9-12-16-28)30-20-26(22-32(34(30)38)36(3,4)5)19-27-21-31(25(2)29-17-13-10-14-18-29)35(39)33(23-27)37(6,7)8/h9-18,20-25,38-39H,19H2,1-8H3/t24-,25-/m0/s1. The summed E-state index contributed by atoms with van der Waals surface area (Å²) in [7, 11) is 0. The lowest BCUT2D eigenvalue weighted by Gasteiger charge is -2.27. The van der Waals surface area contributed by atoms with Gasteiger partial charge < -0.3 is 10.2 Å². The Kier molecular flexibility index (Phi) is 7.98. The normalized spacial score (nSPS) is 13.7. The van der Waals surface area contributed by atoms with Crippen LogP contribution >= 0.6 is 0 Å². The Morgan fingerprint density at radius 3 is 1.18 bits per heavy atom. The summed E-state index contributed by atoms with van der Waals surface area (Å²) >= 11 is 0. The number of hydrogen-bond acceptors (Lipinski definition) is 2. The highest BCUT2D eigenvalue weighted by Gasteiger charge is 2.26. The predicted molar refractivity (Wildman–Crippen MR) is 164 cm³/mol. The van der Waals surface area contributed by atoms with Gasteiger partial charge in [-0.05, 0) is 50.6 Å². The molecule has 2 atom stereocenters. The average molecular weight is 521 g/mol. The summed E-state index contributed by atoms with van der Waals surface area (Å²) in [5.41, 5.74) is 8.13. The molecule has 4 rings (SSSR count). The summed E-state index contributed by atoms with van der Waals surface area (Å²) in [6.45, 7) is 17.3. The molecule has 2 heteroatoms. The van der Waals surface area contributed by atoms with Crippen molar-refractivity contribution in [3.05, 3.63) is 129 Å². The quantitative estimate of drug-likeness (QED) is 0.266. The van der Waals surface area contributed by atoms with Crippen LogP contribution in [0.1, 0.15) is 112 Å². The zero-order valence-corrected chi connectivity index (χ0v) is 24.8. The van der Waals surface area contributed by atoms with Crippen LogP contribution < -0.4 is 0 Å². The van der Waals surface area contributed by atoms with E-state index in [-0.39, 0.29) is 22.7 Å². The Hall–Kier alpha value is -3.52. The van der Waals surface area contributed by atoms with Gasteiger partial charge in [0.2, 0.25) is 0 Å². The number of phenolic OH excluding ortho intramolecular Hbond substituents is 2. The molecule has 0 spiro atoms. The fourth-order valence-corrected chi connectivity index (χ4v) is 5.52. The molecule has 0 saturated heterocycles. The van der Waals surface area contributed by atoms with Gasteiger partial charge in [0.25, 0.3) is 0 Å². The van der Waals surface area contributed by atoms with E-state index in [0.29, 0.717) is 11.5 Å². The van der Waals surface area contributed by atoms with Crippen molar-refractivity contribution in [3.63, 3.8) is 0 Å². The summed E-state index contributed by atoms with van der Waals surface area (Å²) in [6.07, 6.45) is 0.718. The highest BCUT2D eigenvalue weighted by Crippen LogP contribution is 2.42. The molecule has 4 aromatic carbocycles. The highest BCUT2D eigenvalue weighted by molar-refractivity contribution is 5.54. The topological polar surface area (TPSA) is 40.5 Å². The molecule has 0 fully saturated rings. The van der Waals surface area contributed by atoms with Crippen molar-refractivity contribution in [2.24, 2.45) is 0 Å². The zero-order chi connectivity index (χ0) is 28.5. The molecular formula is C37H44O2. The Balaban J connectivity index is 1.85. The molecule has 2 N–H and O–H groups in total. The molecule has 0 aromatic heterocycles. The van der Waals surface area contributed by atoms with Crippen LogP contribution in [-0.4, -0.2) is 10.2 Å². The Labute approximate surface area is 235 Å². The minimum Gasteiger partial charge on any atom is -0.507 e. The summed E-state index contributed by atoms with van der Waals surface area (Å²) in [6, 6.07) is 29.4. The Morgan fingerprint density at radius 1 is 0.538 bits per heavy atom. The van der Waals surface area contributed by atoms with Crippen molar-refractivity contribution in [2.75, 3.05) is 0 Å². The van der Waals surface area contributed by atoms with Gasteiger partial charge in [0, 0.05) is 23.0 Å². The first kappa shape index (κ1) is 28.5. The lowest BCUT2D eigenvalue weighted by molar-refractivity contribution is 0.438. The zero-order valence-electron chi connectivity index (χ0n) is 24.8. The Bertz CT molecular complexity index is 1310. The SMILES string of the molecule is C[C@@H](c1ccccc1)c1cc(Cc2cc([C@@H](C)c3ccccc3)c(O)c(C(C)(C)C)c2)cc(C(C)(C)C)c1O. The summed E-state index contributed by atoms with van der Waals surface area (Å²) in [5, 5.41) is 22.9. The predicted octanol–water partition coefficient (Wildman–Crippen LogP) is 9.59. The molecule has 2 nitrogen and oxygen atoms in total. The number of benzene rings is 4. The number of hydrogen-bond donors (Lipinski definition) is 2. The molecule has 0 unspecified atom stereocenters. The summed E-state index contributed by atoms with van der Waals surface area (Å²) in [5.74, 6) is 0.904. The molecule has 0 saturated carbocycles. The second kappa shape index (κ2) is 10.9. The third-order valence-corrected chi connectivity index (χ3v) is 7.95. The Morgan fingerprint density at radius 2 is 0.872 bits per heavy atom. The smallest absolute Gasteiger partial charge is 0.123 e. The molecule has 0 aliphatic heterocycles. The first-order valence-electron chi connectivity index (χ1n) is 14.1. The van der Waals surface area contributed by atoms with Crippen LogP contribution in [0.25, 0.3) is 0 Å². The number of rotatable bonds is 6. The van der Waals surface area contributed by atoms with Crippen LogP contribution in [0.4, 0.5) is 0 Å². The van der Waals surface area contributed by atoms with E-state index >= 15 is 0 Å². The number of phenols is 2. The minimum absolute atomic E-state index is 0.0610. The molecule has 0 heterocycles. The largest absolute Gasteiger partial charge is 0.507 e. The maximum Gasteiger partial charge on any atom is 0.123 e. The molecule has 0 aliphatic rings. The highest BCUT2D eigenvalue weighted by atomic mass is 16.3. The monoisotopic (exact) mass is 520 g/mol. The summed E-state index contributed by atoms with van der Waals surface area (Å²) in [4.78, 5) is 0. The van der Waals surface area contributed by atoms with Crippen molar-refractivity contribution < 1.29 is 10.2 Å². The van der Waals surface area contributed by atoms with Gasteiger partial charge in [-0.15, -0.1) is 0 Å². The third-order valence-electron chi connectivity index (χ3n) is 7.95. The van der Waals surface area contributed by atoms with E-state index in [1.54, 1.807) is 0 Å². The molecule has 39 heavy (non-hydrogen) atoms. The van der Waals surface area contributed by atoms with Gasteiger partial charge in [-0.25, -0.2) is 0 Å². The second-order valence-electron chi connectivity index (χ2n) is 13.1. The molecule has 0 aliphatic carbocycles. The van der Waals surface area contributed by atoms with Crippen molar-refractivity contribution in [1.82, 2.24) is 0 Å². The summed E-state index contributed by atoms with van der Waals surface area (Å²) < 4.78 is 0. The molecule has 4 aromatic rings. The lowest BCUT2D eigenvalue weighted by atomic mass is 9.79. The fraction of sp³-hybridized carbons (Fsp3) is 0.351. The third kappa shape index (κ3) is 6.22. The average Bonchev–Trinajstić information content (AvgIpc) is 2.89. The van der Waals surface area contributed by atoms with Gasteiger partial charge in [0.05, 0.1) is 0 Å². The lowest BCUT2D eigenvalue weighted by Crippen LogP contribution is -2.15. The van der Waals surface area contributed by atoms with E-state index in [1.165, 1.54) is 22.3 Å². The first-order chi connectivity index (χ1) is 18.3. The van der Waals surface area contributed by atoms with Gasteiger partial charge in [-0.1, -0.05) is 140 Å². The molecule has 204 valence electrons. The van der Waals surface area contributed by atoms with Crippen molar-refractivity contribution in [3.8, 4) is 11.5 Å². The van der Waals surface area contributed by atoms with E-state index in [2.05, 4.69) is 128 Å². The van der Waals surface area contributed by atoms with Gasteiger partial charge >= 0.3 is 0 Å². The van der Waals surface area contributed by atoms with Crippen molar-refractivity contribution in [2.45, 2.75) is 84.5 Å². The van der Waals surface area contributed by atoms with Gasteiger partial charge in [0.1, 0.15) is 11.5 Å². The minimum atomic E-state index is -0.205. The fourth-order valence-electron chi connectivity index (χ4n) is 5.52. The first-order valence-corrected chi connectivity index (χ1v) is 14.1. The van der Waals surface area contributed by atoms with Crippen LogP contribution in [-0.2, 0) is 17.3 Å². The molecule has 0 amide bonds. The van der Waals surface area contributed by atoms with Crippen LogP contribution in [0, 0.1) is 0 Å². The van der Waals surface area contributed by atoms with E-state index in [9.17, 15) is 10.2 Å². The van der Waals surface area contributed by atoms with E-state index in [1.807, 2.05) is 12.1 Å². The van der Waals surface area contributed by atoms with Gasteiger partial charge in [-0.2, -0.15) is 0 Å². The van der Waals surface area contributed by atoms with E-state index < -0.39 is 0 Å². The van der Waals surface area contributed by atoms with Crippen LogP contribution in [0.2, 0.25) is 0 Å². The van der Waals surface area contributed by atoms with Crippen LogP contribution in [0.5, 0.6) is 11.5 Å². The van der Waals surface area contributed by atoms with Crippen LogP contribution in [0.15, 0.2) is 84.9 Å². The van der Waals surface area contributed by atoms with Gasteiger partial charge in [0.15, 0.2) is 0 Å². The molecule has 0 bridgehead atoms. The van der Waals surface area contributed by atoms with Crippen LogP contribution in [0.3, 0.4) is 0 Å². The molecule has 0 radical (unpaired) electrons. The molecular weight excluding hydrogens is 476 g/mol. The second-order valence-corrected chi connectivity index (χ2v) is 13.1. The van der Waals surface area contributed by atoms with Crippen molar-refractivity contribution in [1.29, 1.82) is 0 Å². The maximum atomic E-state index is 11.4.